The van der Waals surface area contributed by atoms with E-state index in [1.54, 1.807) is 21.3 Å². The van der Waals surface area contributed by atoms with Crippen molar-refractivity contribution >= 4 is 38.2 Å². The van der Waals surface area contributed by atoms with Crippen molar-refractivity contribution in [3.8, 4) is 0 Å². The topological polar surface area (TPSA) is 107 Å². The van der Waals surface area contributed by atoms with Gasteiger partial charge in [0.25, 0.3) is 0 Å². The Bertz CT molecular complexity index is 642. The molecule has 0 aromatic carbocycles. The van der Waals surface area contributed by atoms with Crippen molar-refractivity contribution in [2.75, 3.05) is 79.8 Å². The Morgan fingerprint density at radius 3 is 1.13 bits per heavy atom. The number of thioether (sulfide) groups is 1. The van der Waals surface area contributed by atoms with Crippen molar-refractivity contribution in [2.24, 2.45) is 0 Å². The Labute approximate surface area is 297 Å². The van der Waals surface area contributed by atoms with Gasteiger partial charge in [-0.25, -0.2) is 0 Å². The zero-order valence-electron chi connectivity index (χ0n) is 31.9. The summed E-state index contributed by atoms with van der Waals surface area (Å²) in [5.74, 6) is 1.01. The Kier molecular flexibility index (Phi) is 29.5. The van der Waals surface area contributed by atoms with E-state index in [0.717, 1.165) is 75.5 Å². The van der Waals surface area contributed by atoms with Crippen LogP contribution in [0.15, 0.2) is 0 Å². The van der Waals surface area contributed by atoms with E-state index in [0.29, 0.717) is 39.6 Å². The number of hydrogen-bond acceptors (Lipinski definition) is 12. The van der Waals surface area contributed by atoms with Gasteiger partial charge in [0.05, 0.1) is 0 Å². The summed E-state index contributed by atoms with van der Waals surface area (Å²) in [6.07, 6.45) is 9.85. The first-order chi connectivity index (χ1) is 22.7. The minimum absolute atomic E-state index is 0.227. The quantitative estimate of drug-likeness (QED) is 0.0390. The maximum Gasteiger partial charge on any atom is 0.500 e. The summed E-state index contributed by atoms with van der Waals surface area (Å²) in [5.41, 5.74) is 0. The zero-order chi connectivity index (χ0) is 35.3. The summed E-state index contributed by atoms with van der Waals surface area (Å²) in [6, 6.07) is 2.46. The van der Waals surface area contributed by atoms with Crippen LogP contribution in [-0.4, -0.2) is 111 Å². The molecule has 0 aliphatic heterocycles. The van der Waals surface area contributed by atoms with Crippen LogP contribution in [0, 0.1) is 0 Å². The minimum atomic E-state index is -2.68. The molecular weight excluding hydrogens is 673 g/mol. The SMILES string of the molecule is CCO[Si](CCCNC(CCCCCCCC[Si](OC)(OC)OC)(NCCC[Si](OCC)(OCC)OCC)SCC)(OCC)OCC. The van der Waals surface area contributed by atoms with Gasteiger partial charge >= 0.3 is 26.4 Å². The monoisotopic (exact) mass is 746 g/mol. The van der Waals surface area contributed by atoms with E-state index >= 15 is 0 Å². The highest BCUT2D eigenvalue weighted by Crippen LogP contribution is 2.28. The van der Waals surface area contributed by atoms with Crippen LogP contribution >= 0.6 is 11.8 Å². The molecule has 11 nitrogen and oxygen atoms in total. The average Bonchev–Trinajstić information content (AvgIpc) is 3.06. The van der Waals surface area contributed by atoms with Gasteiger partial charge in [0.15, 0.2) is 0 Å². The molecule has 0 saturated carbocycles. The van der Waals surface area contributed by atoms with Crippen molar-refractivity contribution in [1.29, 1.82) is 0 Å². The molecule has 0 aliphatic carbocycles. The molecule has 15 heteroatoms. The second-order valence-corrected chi connectivity index (χ2v) is 21.3. The fraction of sp³-hybridized carbons (Fsp3) is 1.00. The number of hydrogen-bond donors (Lipinski definition) is 2. The van der Waals surface area contributed by atoms with Crippen molar-refractivity contribution < 1.29 is 39.8 Å². The summed E-state index contributed by atoms with van der Waals surface area (Å²) in [6.45, 7) is 19.6. The molecule has 0 aliphatic rings. The number of nitrogens with one attached hydrogen (secondary N) is 2. The second-order valence-electron chi connectivity index (χ2n) is 11.2. The van der Waals surface area contributed by atoms with Gasteiger partial charge in [-0.2, -0.15) is 0 Å². The zero-order valence-corrected chi connectivity index (χ0v) is 35.7. The van der Waals surface area contributed by atoms with Crippen LogP contribution in [0.25, 0.3) is 0 Å². The normalized spacial score (nSPS) is 13.1. The van der Waals surface area contributed by atoms with Gasteiger partial charge < -0.3 is 39.8 Å². The molecule has 0 fully saturated rings. The van der Waals surface area contributed by atoms with Crippen LogP contribution in [0.2, 0.25) is 18.1 Å². The summed E-state index contributed by atoms with van der Waals surface area (Å²) >= 11 is 1.96. The average molecular weight is 747 g/mol. The van der Waals surface area contributed by atoms with Crippen LogP contribution in [0.4, 0.5) is 0 Å². The molecule has 0 saturated heterocycles. The van der Waals surface area contributed by atoms with Crippen LogP contribution < -0.4 is 10.6 Å². The van der Waals surface area contributed by atoms with Gasteiger partial charge in [-0.05, 0) is 92.5 Å². The lowest BCUT2D eigenvalue weighted by Crippen LogP contribution is -2.56. The standard InChI is InChI=1S/C32H74N2O9SSi3/c1-11-38-46(39-12-2,40-13-3)30-24-27-33-32(44-17-7,34-28-25-31-47(41-14-4,42-15-5)43-16-6)26-22-20-18-19-21-23-29-45(35-8,36-9)37-10/h33-34H,11-31H2,1-10H3. The Morgan fingerprint density at radius 1 is 0.447 bits per heavy atom. The first-order valence-corrected chi connectivity index (χ1v) is 25.1. The van der Waals surface area contributed by atoms with E-state index in [9.17, 15) is 0 Å². The Balaban J connectivity index is 5.39. The molecule has 0 amide bonds. The third kappa shape index (κ3) is 19.7. The lowest BCUT2D eigenvalue weighted by atomic mass is 10.1. The number of rotatable bonds is 36. The molecule has 0 radical (unpaired) electrons. The van der Waals surface area contributed by atoms with E-state index in [-0.39, 0.29) is 4.99 Å². The van der Waals surface area contributed by atoms with Crippen LogP contribution in [0.3, 0.4) is 0 Å². The fourth-order valence-corrected chi connectivity index (χ4v) is 14.0. The maximum absolute atomic E-state index is 6.11. The molecule has 0 spiro atoms. The minimum Gasteiger partial charge on any atom is -0.377 e. The largest absolute Gasteiger partial charge is 0.500 e. The van der Waals surface area contributed by atoms with Crippen LogP contribution in [-0.2, 0) is 39.8 Å². The lowest BCUT2D eigenvalue weighted by molar-refractivity contribution is 0.0701. The highest BCUT2D eigenvalue weighted by atomic mass is 32.2. The summed E-state index contributed by atoms with van der Waals surface area (Å²) < 4.78 is 53.4. The highest BCUT2D eigenvalue weighted by molar-refractivity contribution is 8.00. The van der Waals surface area contributed by atoms with Gasteiger partial charge in [0.2, 0.25) is 0 Å². The molecule has 0 heterocycles. The molecule has 47 heavy (non-hydrogen) atoms. The molecule has 2 N–H and O–H groups in total. The van der Waals surface area contributed by atoms with Gasteiger partial charge in [0.1, 0.15) is 4.99 Å². The second kappa shape index (κ2) is 29.2. The Hall–Kier alpha value is 0.561. The summed E-state index contributed by atoms with van der Waals surface area (Å²) in [4.78, 5) is -0.227. The first kappa shape index (κ1) is 47.6. The van der Waals surface area contributed by atoms with E-state index in [1.165, 1.54) is 19.3 Å². The molecule has 284 valence electrons. The van der Waals surface area contributed by atoms with E-state index < -0.39 is 26.4 Å². The predicted molar refractivity (Wildman–Crippen MR) is 201 cm³/mol. The van der Waals surface area contributed by atoms with Crippen molar-refractivity contribution in [3.05, 3.63) is 0 Å². The van der Waals surface area contributed by atoms with Crippen molar-refractivity contribution in [3.63, 3.8) is 0 Å². The molecular formula is C32H74N2O9SSi3. The van der Waals surface area contributed by atoms with Gasteiger partial charge in [-0.15, -0.1) is 11.8 Å². The maximum atomic E-state index is 6.11. The van der Waals surface area contributed by atoms with Crippen LogP contribution in [0.5, 0.6) is 0 Å². The summed E-state index contributed by atoms with van der Waals surface area (Å²) in [7, 11) is -2.77. The van der Waals surface area contributed by atoms with Gasteiger partial charge in [-0.1, -0.05) is 32.6 Å². The van der Waals surface area contributed by atoms with E-state index in [4.69, 9.17) is 39.8 Å². The lowest BCUT2D eigenvalue weighted by Gasteiger charge is -2.37. The molecule has 0 rings (SSSR count). The van der Waals surface area contributed by atoms with Crippen molar-refractivity contribution in [1.82, 2.24) is 10.6 Å². The molecule has 0 bridgehead atoms. The molecule has 0 unspecified atom stereocenters. The molecule has 0 aromatic rings. The van der Waals surface area contributed by atoms with Gasteiger partial charge in [-0.3, -0.25) is 10.6 Å². The van der Waals surface area contributed by atoms with E-state index in [2.05, 4.69) is 17.6 Å². The van der Waals surface area contributed by atoms with Crippen molar-refractivity contribution in [2.45, 2.75) is 129 Å². The van der Waals surface area contributed by atoms with Gasteiger partial charge in [0, 0.05) is 79.1 Å². The third-order valence-electron chi connectivity index (χ3n) is 7.91. The third-order valence-corrected chi connectivity index (χ3v) is 18.3. The Morgan fingerprint density at radius 2 is 0.787 bits per heavy atom. The highest BCUT2D eigenvalue weighted by Gasteiger charge is 2.41. The molecule has 0 aromatic heterocycles. The number of unbranched alkanes of at least 4 members (excludes halogenated alkanes) is 5. The fourth-order valence-electron chi connectivity index (χ4n) is 5.83. The van der Waals surface area contributed by atoms with E-state index in [1.807, 2.05) is 53.3 Å². The smallest absolute Gasteiger partial charge is 0.377 e. The summed E-state index contributed by atoms with van der Waals surface area (Å²) in [5, 5.41) is 7.88. The molecule has 0 atom stereocenters. The first-order valence-electron chi connectivity index (χ1n) is 18.4. The van der Waals surface area contributed by atoms with Crippen LogP contribution in [0.1, 0.15) is 106 Å². The predicted octanol–water partition coefficient (Wildman–Crippen LogP) is 7.06.